The summed E-state index contributed by atoms with van der Waals surface area (Å²) in [6, 6.07) is 25.8. The lowest BCUT2D eigenvalue weighted by molar-refractivity contribution is 1.23. The minimum atomic E-state index is 1.18. The summed E-state index contributed by atoms with van der Waals surface area (Å²) in [6.07, 6.45) is 0. The molecule has 0 radical (unpaired) electrons. The summed E-state index contributed by atoms with van der Waals surface area (Å²) in [5.74, 6) is 0. The molecule has 0 saturated carbocycles. The molecule has 0 bridgehead atoms. The van der Waals surface area contributed by atoms with Gasteiger partial charge in [-0.15, -0.1) is 0 Å². The van der Waals surface area contributed by atoms with Crippen molar-refractivity contribution in [2.75, 3.05) is 4.90 Å². The first-order valence-electron chi connectivity index (χ1n) is 7.64. The van der Waals surface area contributed by atoms with Crippen LogP contribution in [-0.2, 0) is 0 Å². The number of hydrogen-bond acceptors (Lipinski definition) is 1. The zero-order valence-electron chi connectivity index (χ0n) is 13.4. The van der Waals surface area contributed by atoms with Crippen molar-refractivity contribution < 1.29 is 0 Å². The van der Waals surface area contributed by atoms with Gasteiger partial charge in [-0.2, -0.15) is 0 Å². The van der Waals surface area contributed by atoms with Gasteiger partial charge in [0.15, 0.2) is 0 Å². The number of benzene rings is 3. The minimum Gasteiger partial charge on any atom is -0.310 e. The van der Waals surface area contributed by atoms with Crippen LogP contribution in [0.1, 0.15) is 16.7 Å². The highest BCUT2D eigenvalue weighted by Crippen LogP contribution is 2.36. The van der Waals surface area contributed by atoms with Gasteiger partial charge in [0.1, 0.15) is 0 Å². The third kappa shape index (κ3) is 2.89. The average molecular weight is 287 g/mol. The van der Waals surface area contributed by atoms with E-state index in [2.05, 4.69) is 98.5 Å². The molecule has 0 heterocycles. The van der Waals surface area contributed by atoms with Crippen LogP contribution in [0.4, 0.5) is 17.1 Å². The Labute approximate surface area is 132 Å². The number of aryl methyl sites for hydroxylation is 3. The largest absolute Gasteiger partial charge is 0.310 e. The highest BCUT2D eigenvalue weighted by molar-refractivity contribution is 5.78. The predicted octanol–water partition coefficient (Wildman–Crippen LogP) is 6.08. The number of anilines is 3. The summed E-state index contributed by atoms with van der Waals surface area (Å²) in [5.41, 5.74) is 7.42. The van der Waals surface area contributed by atoms with E-state index in [1.807, 2.05) is 0 Å². The zero-order valence-corrected chi connectivity index (χ0v) is 13.4. The Bertz CT molecular complexity index is 775. The van der Waals surface area contributed by atoms with Gasteiger partial charge in [0.2, 0.25) is 0 Å². The summed E-state index contributed by atoms with van der Waals surface area (Å²) in [6.45, 7) is 6.44. The Morgan fingerprint density at radius 2 is 1.27 bits per heavy atom. The molecule has 0 aromatic heterocycles. The van der Waals surface area contributed by atoms with Crippen LogP contribution < -0.4 is 4.90 Å². The molecular formula is C21H21N. The van der Waals surface area contributed by atoms with Gasteiger partial charge in [-0.3, -0.25) is 0 Å². The van der Waals surface area contributed by atoms with Crippen LogP contribution in [0.15, 0.2) is 72.8 Å². The molecule has 1 nitrogen and oxygen atoms in total. The summed E-state index contributed by atoms with van der Waals surface area (Å²) in [5, 5.41) is 0. The van der Waals surface area contributed by atoms with Gasteiger partial charge in [0.25, 0.3) is 0 Å². The number of para-hydroxylation sites is 1. The number of nitrogens with zero attached hydrogens (tertiary/aromatic N) is 1. The van der Waals surface area contributed by atoms with Gasteiger partial charge in [-0.1, -0.05) is 42.5 Å². The van der Waals surface area contributed by atoms with Gasteiger partial charge < -0.3 is 4.90 Å². The Hall–Kier alpha value is -2.54. The maximum absolute atomic E-state index is 2.33. The van der Waals surface area contributed by atoms with E-state index in [9.17, 15) is 0 Å². The summed E-state index contributed by atoms with van der Waals surface area (Å²) >= 11 is 0. The molecule has 3 aromatic carbocycles. The standard InChI is InChI=1S/C21H21N/c1-16-8-7-11-20(14-16)22(19-9-5-4-6-10-19)21-15-17(2)12-13-18(21)3/h4-15H,1-3H3. The molecule has 1 heteroatoms. The molecule has 0 aliphatic rings. The van der Waals surface area contributed by atoms with Crippen molar-refractivity contribution in [3.63, 3.8) is 0 Å². The molecule has 3 aromatic rings. The molecule has 0 atom stereocenters. The monoisotopic (exact) mass is 287 g/mol. The van der Waals surface area contributed by atoms with Gasteiger partial charge in [-0.25, -0.2) is 0 Å². The SMILES string of the molecule is Cc1cccc(N(c2ccccc2)c2cc(C)ccc2C)c1. The van der Waals surface area contributed by atoms with Crippen molar-refractivity contribution in [3.8, 4) is 0 Å². The molecule has 0 amide bonds. The number of hydrogen-bond donors (Lipinski definition) is 0. The molecule has 0 aliphatic carbocycles. The highest BCUT2D eigenvalue weighted by atomic mass is 15.1. The van der Waals surface area contributed by atoms with Crippen LogP contribution in [0.25, 0.3) is 0 Å². The van der Waals surface area contributed by atoms with E-state index in [0.717, 1.165) is 0 Å². The van der Waals surface area contributed by atoms with Gasteiger partial charge in [-0.05, 0) is 67.8 Å². The summed E-state index contributed by atoms with van der Waals surface area (Å²) in [4.78, 5) is 2.33. The Balaban J connectivity index is 2.21. The van der Waals surface area contributed by atoms with E-state index in [4.69, 9.17) is 0 Å². The summed E-state index contributed by atoms with van der Waals surface area (Å²) < 4.78 is 0. The van der Waals surface area contributed by atoms with E-state index in [1.165, 1.54) is 33.8 Å². The normalized spacial score (nSPS) is 10.5. The quantitative estimate of drug-likeness (QED) is 0.564. The first-order chi connectivity index (χ1) is 10.6. The lowest BCUT2D eigenvalue weighted by Gasteiger charge is -2.27. The Morgan fingerprint density at radius 3 is 2.00 bits per heavy atom. The van der Waals surface area contributed by atoms with Crippen LogP contribution >= 0.6 is 0 Å². The maximum atomic E-state index is 2.33. The second kappa shape index (κ2) is 6.07. The smallest absolute Gasteiger partial charge is 0.0493 e. The van der Waals surface area contributed by atoms with Gasteiger partial charge >= 0.3 is 0 Å². The third-order valence-electron chi connectivity index (χ3n) is 3.88. The minimum absolute atomic E-state index is 1.18. The average Bonchev–Trinajstić information content (AvgIpc) is 2.52. The molecule has 0 aliphatic heterocycles. The van der Waals surface area contributed by atoms with Crippen molar-refractivity contribution in [2.24, 2.45) is 0 Å². The lowest BCUT2D eigenvalue weighted by Crippen LogP contribution is -2.11. The molecular weight excluding hydrogens is 266 g/mol. The molecule has 0 saturated heterocycles. The predicted molar refractivity (Wildman–Crippen MR) is 95.3 cm³/mol. The van der Waals surface area contributed by atoms with Gasteiger partial charge in [0, 0.05) is 17.1 Å². The molecule has 0 N–H and O–H groups in total. The van der Waals surface area contributed by atoms with Crippen LogP contribution in [-0.4, -0.2) is 0 Å². The first kappa shape index (κ1) is 14.4. The molecule has 0 spiro atoms. The Morgan fingerprint density at radius 1 is 0.591 bits per heavy atom. The zero-order chi connectivity index (χ0) is 15.5. The maximum Gasteiger partial charge on any atom is 0.0493 e. The van der Waals surface area contributed by atoms with Crippen molar-refractivity contribution in [1.82, 2.24) is 0 Å². The first-order valence-corrected chi connectivity index (χ1v) is 7.64. The van der Waals surface area contributed by atoms with Crippen LogP contribution in [0.2, 0.25) is 0 Å². The molecule has 3 rings (SSSR count). The van der Waals surface area contributed by atoms with E-state index in [1.54, 1.807) is 0 Å². The fourth-order valence-electron chi connectivity index (χ4n) is 2.73. The van der Waals surface area contributed by atoms with Crippen molar-refractivity contribution in [3.05, 3.63) is 89.5 Å². The highest BCUT2D eigenvalue weighted by Gasteiger charge is 2.14. The molecule has 0 fully saturated rings. The fraction of sp³-hybridized carbons (Fsp3) is 0.143. The lowest BCUT2D eigenvalue weighted by atomic mass is 10.1. The Kier molecular flexibility index (Phi) is 3.97. The molecule has 22 heavy (non-hydrogen) atoms. The molecule has 0 unspecified atom stereocenters. The van der Waals surface area contributed by atoms with Crippen molar-refractivity contribution in [1.29, 1.82) is 0 Å². The van der Waals surface area contributed by atoms with Gasteiger partial charge in [0.05, 0.1) is 0 Å². The second-order valence-corrected chi connectivity index (χ2v) is 5.80. The van der Waals surface area contributed by atoms with Crippen LogP contribution in [0, 0.1) is 20.8 Å². The number of rotatable bonds is 3. The van der Waals surface area contributed by atoms with E-state index in [-0.39, 0.29) is 0 Å². The van der Waals surface area contributed by atoms with E-state index < -0.39 is 0 Å². The molecule has 110 valence electrons. The van der Waals surface area contributed by atoms with E-state index >= 15 is 0 Å². The van der Waals surface area contributed by atoms with Crippen LogP contribution in [0.3, 0.4) is 0 Å². The van der Waals surface area contributed by atoms with E-state index in [0.29, 0.717) is 0 Å². The third-order valence-corrected chi connectivity index (χ3v) is 3.88. The second-order valence-electron chi connectivity index (χ2n) is 5.80. The van der Waals surface area contributed by atoms with Crippen LogP contribution in [0.5, 0.6) is 0 Å². The fourth-order valence-corrected chi connectivity index (χ4v) is 2.73. The summed E-state index contributed by atoms with van der Waals surface area (Å²) in [7, 11) is 0. The van der Waals surface area contributed by atoms with Crippen molar-refractivity contribution in [2.45, 2.75) is 20.8 Å². The van der Waals surface area contributed by atoms with Crippen molar-refractivity contribution >= 4 is 17.1 Å². The topological polar surface area (TPSA) is 3.24 Å².